The van der Waals surface area contributed by atoms with Crippen LogP contribution in [0.15, 0.2) is 46.0 Å². The fourth-order valence-corrected chi connectivity index (χ4v) is 3.91. The lowest BCUT2D eigenvalue weighted by atomic mass is 9.98. The standard InChI is InChI=1S/C23H30N6O3.HI/c1-4-24-23(25-9-7-21-26-22(28-27-21)20-6-5-11-32-20)29-10-8-16(15-29)17-12-18(30-2)14-19(13-17)31-3;/h5-6,11-14,16H,4,7-10,15H2,1-3H3,(H,24,25)(H,26,27,28);1H. The van der Waals surface area contributed by atoms with Crippen molar-refractivity contribution in [3.8, 4) is 23.1 Å². The van der Waals surface area contributed by atoms with E-state index in [1.54, 1.807) is 20.5 Å². The quantitative estimate of drug-likeness (QED) is 0.244. The average Bonchev–Trinajstić information content (AvgIpc) is 3.59. The van der Waals surface area contributed by atoms with Gasteiger partial charge in [-0.05, 0) is 43.2 Å². The molecule has 0 spiro atoms. The van der Waals surface area contributed by atoms with Crippen molar-refractivity contribution in [1.29, 1.82) is 0 Å². The van der Waals surface area contributed by atoms with E-state index in [0.29, 0.717) is 30.5 Å². The van der Waals surface area contributed by atoms with Gasteiger partial charge in [0.05, 0.1) is 20.5 Å². The molecular weight excluding hydrogens is 535 g/mol. The molecule has 0 amide bonds. The number of guanidine groups is 1. The highest BCUT2D eigenvalue weighted by Crippen LogP contribution is 2.32. The first-order valence-corrected chi connectivity index (χ1v) is 10.9. The molecule has 3 heterocycles. The Morgan fingerprint density at radius 3 is 2.73 bits per heavy atom. The van der Waals surface area contributed by atoms with E-state index < -0.39 is 0 Å². The molecule has 4 rings (SSSR count). The van der Waals surface area contributed by atoms with Crippen molar-refractivity contribution in [2.75, 3.05) is 40.4 Å². The largest absolute Gasteiger partial charge is 0.497 e. The van der Waals surface area contributed by atoms with Crippen LogP contribution in [0.25, 0.3) is 11.6 Å². The van der Waals surface area contributed by atoms with E-state index in [0.717, 1.165) is 49.3 Å². The van der Waals surface area contributed by atoms with Gasteiger partial charge in [0.25, 0.3) is 0 Å². The topological polar surface area (TPSA) is 101 Å². The zero-order valence-electron chi connectivity index (χ0n) is 19.2. The summed E-state index contributed by atoms with van der Waals surface area (Å²) >= 11 is 0. The van der Waals surface area contributed by atoms with E-state index in [1.165, 1.54) is 5.56 Å². The van der Waals surface area contributed by atoms with Crippen molar-refractivity contribution in [1.82, 2.24) is 25.4 Å². The van der Waals surface area contributed by atoms with Gasteiger partial charge in [-0.3, -0.25) is 10.1 Å². The number of furan rings is 1. The smallest absolute Gasteiger partial charge is 0.216 e. The fourth-order valence-electron chi connectivity index (χ4n) is 3.91. The van der Waals surface area contributed by atoms with Gasteiger partial charge in [0, 0.05) is 44.6 Å². The SMILES string of the molecule is CCNC(=NCCc1nc(-c2ccco2)n[nH]1)N1CCC(c2cc(OC)cc(OC)c2)C1.I. The number of halogens is 1. The molecule has 1 aliphatic heterocycles. The van der Waals surface area contributed by atoms with Crippen molar-refractivity contribution in [3.05, 3.63) is 48.0 Å². The molecule has 10 heteroatoms. The summed E-state index contributed by atoms with van der Waals surface area (Å²) in [6.07, 6.45) is 3.34. The maximum Gasteiger partial charge on any atom is 0.216 e. The summed E-state index contributed by atoms with van der Waals surface area (Å²) in [5.41, 5.74) is 1.23. The Labute approximate surface area is 211 Å². The van der Waals surface area contributed by atoms with Crippen LogP contribution in [0.4, 0.5) is 0 Å². The summed E-state index contributed by atoms with van der Waals surface area (Å²) in [5, 5.41) is 10.6. The monoisotopic (exact) mass is 566 g/mol. The summed E-state index contributed by atoms with van der Waals surface area (Å²) in [6.45, 7) is 5.36. The van der Waals surface area contributed by atoms with Crippen LogP contribution in [0.5, 0.6) is 11.5 Å². The van der Waals surface area contributed by atoms with Gasteiger partial charge in [-0.1, -0.05) is 0 Å². The number of nitrogens with zero attached hydrogens (tertiary/aromatic N) is 4. The zero-order chi connectivity index (χ0) is 22.3. The lowest BCUT2D eigenvalue weighted by molar-refractivity contribution is 0.392. The molecule has 1 fully saturated rings. The Hall–Kier alpha value is -2.76. The van der Waals surface area contributed by atoms with Gasteiger partial charge in [0.1, 0.15) is 17.3 Å². The van der Waals surface area contributed by atoms with Crippen LogP contribution in [0.3, 0.4) is 0 Å². The lowest BCUT2D eigenvalue weighted by Gasteiger charge is -2.22. The highest BCUT2D eigenvalue weighted by Gasteiger charge is 2.27. The summed E-state index contributed by atoms with van der Waals surface area (Å²) in [6, 6.07) is 9.77. The molecule has 2 aromatic heterocycles. The second-order valence-corrected chi connectivity index (χ2v) is 7.65. The minimum absolute atomic E-state index is 0. The Bertz CT molecular complexity index is 1010. The highest BCUT2D eigenvalue weighted by molar-refractivity contribution is 14.0. The minimum Gasteiger partial charge on any atom is -0.497 e. The number of hydrogen-bond donors (Lipinski definition) is 2. The third kappa shape index (κ3) is 6.18. The van der Waals surface area contributed by atoms with Crippen LogP contribution in [-0.4, -0.2) is 66.4 Å². The predicted molar refractivity (Wildman–Crippen MR) is 138 cm³/mol. The summed E-state index contributed by atoms with van der Waals surface area (Å²) in [4.78, 5) is 11.6. The second kappa shape index (κ2) is 11.9. The van der Waals surface area contributed by atoms with E-state index in [2.05, 4.69) is 44.5 Å². The van der Waals surface area contributed by atoms with Gasteiger partial charge >= 0.3 is 0 Å². The molecule has 0 radical (unpaired) electrons. The van der Waals surface area contributed by atoms with Crippen LogP contribution in [0, 0.1) is 0 Å². The van der Waals surface area contributed by atoms with E-state index in [9.17, 15) is 0 Å². The molecule has 0 bridgehead atoms. The van der Waals surface area contributed by atoms with Crippen LogP contribution in [-0.2, 0) is 6.42 Å². The van der Waals surface area contributed by atoms with Gasteiger partial charge in [0.2, 0.25) is 5.82 Å². The average molecular weight is 566 g/mol. The first kappa shape index (κ1) is 24.9. The summed E-state index contributed by atoms with van der Waals surface area (Å²) in [7, 11) is 3.36. The number of H-pyrrole nitrogens is 1. The van der Waals surface area contributed by atoms with Crippen LogP contribution in [0.1, 0.15) is 30.7 Å². The zero-order valence-corrected chi connectivity index (χ0v) is 21.5. The molecule has 9 nitrogen and oxygen atoms in total. The van der Waals surface area contributed by atoms with Crippen molar-refractivity contribution in [2.45, 2.75) is 25.7 Å². The number of benzene rings is 1. The number of rotatable bonds is 8. The lowest BCUT2D eigenvalue weighted by Crippen LogP contribution is -2.40. The number of aromatic amines is 1. The maximum atomic E-state index is 5.44. The fraction of sp³-hybridized carbons (Fsp3) is 0.435. The van der Waals surface area contributed by atoms with Crippen molar-refractivity contribution in [3.63, 3.8) is 0 Å². The second-order valence-electron chi connectivity index (χ2n) is 7.65. The van der Waals surface area contributed by atoms with Crippen LogP contribution in [0.2, 0.25) is 0 Å². The predicted octanol–water partition coefficient (Wildman–Crippen LogP) is 3.70. The molecule has 1 unspecified atom stereocenters. The molecule has 0 aliphatic carbocycles. The van der Waals surface area contributed by atoms with Crippen LogP contribution < -0.4 is 14.8 Å². The number of ether oxygens (including phenoxy) is 2. The Morgan fingerprint density at radius 2 is 2.06 bits per heavy atom. The van der Waals surface area contributed by atoms with Crippen LogP contribution >= 0.6 is 24.0 Å². The van der Waals surface area contributed by atoms with Gasteiger partial charge in [0.15, 0.2) is 11.7 Å². The number of hydrogen-bond acceptors (Lipinski definition) is 6. The van der Waals surface area contributed by atoms with Gasteiger partial charge < -0.3 is 24.1 Å². The van der Waals surface area contributed by atoms with Crippen molar-refractivity contribution in [2.24, 2.45) is 4.99 Å². The van der Waals surface area contributed by atoms with Gasteiger partial charge in [-0.15, -0.1) is 24.0 Å². The molecular formula is C23H31IN6O3. The third-order valence-electron chi connectivity index (χ3n) is 5.55. The number of aliphatic imine (C=N–C) groups is 1. The van der Waals surface area contributed by atoms with E-state index >= 15 is 0 Å². The third-order valence-corrected chi connectivity index (χ3v) is 5.55. The van der Waals surface area contributed by atoms with Gasteiger partial charge in [-0.2, -0.15) is 5.10 Å². The number of nitrogens with one attached hydrogen (secondary N) is 2. The first-order chi connectivity index (χ1) is 15.7. The van der Waals surface area contributed by atoms with Gasteiger partial charge in [-0.25, -0.2) is 4.98 Å². The Balaban J connectivity index is 0.00000306. The molecule has 1 aromatic carbocycles. The molecule has 3 aromatic rings. The molecule has 2 N–H and O–H groups in total. The van der Waals surface area contributed by atoms with E-state index in [-0.39, 0.29) is 24.0 Å². The molecule has 33 heavy (non-hydrogen) atoms. The molecule has 178 valence electrons. The number of methoxy groups -OCH3 is 2. The molecule has 1 saturated heterocycles. The summed E-state index contributed by atoms with van der Waals surface area (Å²) < 4.78 is 16.2. The maximum absolute atomic E-state index is 5.44. The molecule has 0 saturated carbocycles. The van der Waals surface area contributed by atoms with Crippen molar-refractivity contribution < 1.29 is 13.9 Å². The van der Waals surface area contributed by atoms with Crippen molar-refractivity contribution >= 4 is 29.9 Å². The number of aromatic nitrogens is 3. The Kier molecular flexibility index (Phi) is 8.98. The number of likely N-dealkylation sites (tertiary alicyclic amines) is 1. The normalized spacial score (nSPS) is 15.9. The molecule has 1 aliphatic rings. The highest BCUT2D eigenvalue weighted by atomic mass is 127. The van der Waals surface area contributed by atoms with E-state index in [4.69, 9.17) is 18.9 Å². The summed E-state index contributed by atoms with van der Waals surface area (Å²) in [5.74, 6) is 4.97. The Morgan fingerprint density at radius 1 is 1.27 bits per heavy atom. The first-order valence-electron chi connectivity index (χ1n) is 10.9. The molecule has 1 atom stereocenters. The minimum atomic E-state index is 0. The van der Waals surface area contributed by atoms with E-state index in [1.807, 2.05) is 18.2 Å².